The molecule has 0 saturated carbocycles. The van der Waals surface area contributed by atoms with E-state index in [1.54, 1.807) is 10.9 Å². The molecule has 0 aliphatic heterocycles. The molecule has 6 heteroatoms. The zero-order chi connectivity index (χ0) is 10.6. The molecular weight excluding hydrogens is 204 g/mol. The molecule has 0 radical (unpaired) electrons. The average Bonchev–Trinajstić information content (AvgIpc) is 2.50. The molecular formula is C8H13ClN4O. The number of carbonyl (C=O) groups excluding carboxylic acids is 1. The highest BCUT2D eigenvalue weighted by molar-refractivity contribution is 6.30. The normalized spacial score (nSPS) is 12.7. The number of carbonyl (C=O) groups is 1. The summed E-state index contributed by atoms with van der Waals surface area (Å²) in [6, 6.07) is -0.407. The maximum Gasteiger partial charge on any atom is 0.236 e. The van der Waals surface area contributed by atoms with E-state index in [9.17, 15) is 4.79 Å². The molecule has 0 spiro atoms. The predicted octanol–water partition coefficient (Wildman–Crippen LogP) is -0.000100. The summed E-state index contributed by atoms with van der Waals surface area (Å²) in [7, 11) is 0. The fourth-order valence-corrected chi connectivity index (χ4v) is 1.28. The summed E-state index contributed by atoms with van der Waals surface area (Å²) in [4.78, 5) is 11.0. The number of nitrogens with zero attached hydrogens (tertiary/aromatic N) is 2. The van der Waals surface area contributed by atoms with E-state index < -0.39 is 11.9 Å². The van der Waals surface area contributed by atoms with Gasteiger partial charge in [-0.05, 0) is 6.54 Å². The van der Waals surface area contributed by atoms with Gasteiger partial charge < -0.3 is 11.1 Å². The lowest BCUT2D eigenvalue weighted by Gasteiger charge is -2.13. The van der Waals surface area contributed by atoms with E-state index in [1.165, 1.54) is 6.20 Å². The van der Waals surface area contributed by atoms with Crippen LogP contribution in [-0.4, -0.2) is 28.3 Å². The number of rotatable bonds is 5. The lowest BCUT2D eigenvalue weighted by Crippen LogP contribution is -2.44. The van der Waals surface area contributed by atoms with Crippen LogP contribution in [0.3, 0.4) is 0 Å². The van der Waals surface area contributed by atoms with Gasteiger partial charge in [-0.25, -0.2) is 0 Å². The molecule has 78 valence electrons. The molecule has 0 bridgehead atoms. The first-order chi connectivity index (χ1) is 6.63. The van der Waals surface area contributed by atoms with Crippen LogP contribution in [0, 0.1) is 0 Å². The Kier molecular flexibility index (Phi) is 3.91. The first-order valence-corrected chi connectivity index (χ1v) is 4.72. The Morgan fingerprint density at radius 1 is 1.86 bits per heavy atom. The minimum absolute atomic E-state index is 0.390. The Morgan fingerprint density at radius 3 is 3.00 bits per heavy atom. The molecule has 0 aromatic carbocycles. The molecule has 1 heterocycles. The third-order valence-corrected chi connectivity index (χ3v) is 1.96. The Labute approximate surface area is 87.2 Å². The van der Waals surface area contributed by atoms with Crippen molar-refractivity contribution < 1.29 is 4.79 Å². The molecule has 1 aromatic rings. The molecule has 1 amide bonds. The molecule has 5 nitrogen and oxygen atoms in total. The van der Waals surface area contributed by atoms with Crippen LogP contribution in [-0.2, 0) is 11.3 Å². The average molecular weight is 217 g/mol. The topological polar surface area (TPSA) is 72.9 Å². The molecule has 14 heavy (non-hydrogen) atoms. The van der Waals surface area contributed by atoms with Gasteiger partial charge in [0.15, 0.2) is 0 Å². The fourth-order valence-electron chi connectivity index (χ4n) is 1.13. The number of nitrogens with two attached hydrogens (primary N) is 1. The van der Waals surface area contributed by atoms with Gasteiger partial charge in [-0.15, -0.1) is 0 Å². The minimum Gasteiger partial charge on any atom is -0.368 e. The molecule has 3 N–H and O–H groups in total. The van der Waals surface area contributed by atoms with Crippen LogP contribution in [0.25, 0.3) is 0 Å². The van der Waals surface area contributed by atoms with Crippen molar-refractivity contribution in [1.82, 2.24) is 15.1 Å². The summed E-state index contributed by atoms with van der Waals surface area (Å²) in [5.41, 5.74) is 5.20. The van der Waals surface area contributed by atoms with Crippen molar-refractivity contribution in [2.75, 3.05) is 6.54 Å². The standard InChI is InChI=1S/C8H13ClN4O/c1-2-11-7(8(10)14)5-13-4-6(9)3-12-13/h3-4,7,11H,2,5H2,1H3,(H2,10,14). The lowest BCUT2D eigenvalue weighted by atomic mass is 10.3. The van der Waals surface area contributed by atoms with Gasteiger partial charge in [0.1, 0.15) is 6.04 Å². The molecule has 1 atom stereocenters. The van der Waals surface area contributed by atoms with Crippen molar-refractivity contribution in [3.8, 4) is 0 Å². The van der Waals surface area contributed by atoms with Crippen LogP contribution < -0.4 is 11.1 Å². The molecule has 1 rings (SSSR count). The molecule has 0 saturated heterocycles. The van der Waals surface area contributed by atoms with E-state index in [0.717, 1.165) is 0 Å². The lowest BCUT2D eigenvalue weighted by molar-refractivity contribution is -0.120. The number of hydrogen-bond donors (Lipinski definition) is 2. The quantitative estimate of drug-likeness (QED) is 0.728. The van der Waals surface area contributed by atoms with E-state index in [1.807, 2.05) is 6.92 Å². The molecule has 1 unspecified atom stereocenters. The van der Waals surface area contributed by atoms with Crippen LogP contribution in [0.2, 0.25) is 5.02 Å². The van der Waals surface area contributed by atoms with Gasteiger partial charge >= 0.3 is 0 Å². The summed E-state index contributed by atoms with van der Waals surface area (Å²) in [5.74, 6) is -0.390. The molecule has 0 aliphatic carbocycles. The Bertz CT molecular complexity index is 312. The predicted molar refractivity (Wildman–Crippen MR) is 53.9 cm³/mol. The van der Waals surface area contributed by atoms with Gasteiger partial charge in [-0.1, -0.05) is 18.5 Å². The summed E-state index contributed by atoms with van der Waals surface area (Å²) in [6.07, 6.45) is 3.17. The van der Waals surface area contributed by atoms with Gasteiger partial charge in [0, 0.05) is 6.20 Å². The maximum absolute atomic E-state index is 11.0. The molecule has 0 fully saturated rings. The highest BCUT2D eigenvalue weighted by atomic mass is 35.5. The van der Waals surface area contributed by atoms with Crippen molar-refractivity contribution in [2.45, 2.75) is 19.5 Å². The number of primary amides is 1. The van der Waals surface area contributed by atoms with E-state index in [0.29, 0.717) is 18.1 Å². The van der Waals surface area contributed by atoms with Gasteiger partial charge in [0.05, 0.1) is 17.8 Å². The minimum atomic E-state index is -0.407. The number of nitrogens with one attached hydrogen (secondary N) is 1. The van der Waals surface area contributed by atoms with Gasteiger partial charge in [-0.3, -0.25) is 9.48 Å². The number of halogens is 1. The highest BCUT2D eigenvalue weighted by Crippen LogP contribution is 2.04. The largest absolute Gasteiger partial charge is 0.368 e. The smallest absolute Gasteiger partial charge is 0.236 e. The number of aromatic nitrogens is 2. The Hall–Kier alpha value is -1.07. The van der Waals surface area contributed by atoms with Crippen LogP contribution in [0.15, 0.2) is 12.4 Å². The van der Waals surface area contributed by atoms with E-state index in [2.05, 4.69) is 10.4 Å². The summed E-state index contributed by atoms with van der Waals surface area (Å²) < 4.78 is 1.58. The second-order valence-corrected chi connectivity index (χ2v) is 3.33. The van der Waals surface area contributed by atoms with Crippen molar-refractivity contribution >= 4 is 17.5 Å². The second kappa shape index (κ2) is 4.97. The second-order valence-electron chi connectivity index (χ2n) is 2.89. The Morgan fingerprint density at radius 2 is 2.57 bits per heavy atom. The zero-order valence-corrected chi connectivity index (χ0v) is 8.66. The van der Waals surface area contributed by atoms with Crippen LogP contribution >= 0.6 is 11.6 Å². The zero-order valence-electron chi connectivity index (χ0n) is 7.90. The van der Waals surface area contributed by atoms with Crippen LogP contribution in [0.4, 0.5) is 0 Å². The number of likely N-dealkylation sites (N-methyl/N-ethyl adjacent to an activating group) is 1. The fraction of sp³-hybridized carbons (Fsp3) is 0.500. The third-order valence-electron chi connectivity index (χ3n) is 1.77. The third kappa shape index (κ3) is 3.01. The van der Waals surface area contributed by atoms with Crippen LogP contribution in [0.1, 0.15) is 6.92 Å². The summed E-state index contributed by atoms with van der Waals surface area (Å²) in [5, 5.41) is 7.46. The monoisotopic (exact) mass is 216 g/mol. The van der Waals surface area contributed by atoms with Crippen molar-refractivity contribution in [3.63, 3.8) is 0 Å². The van der Waals surface area contributed by atoms with Gasteiger partial charge in [0.25, 0.3) is 0 Å². The van der Waals surface area contributed by atoms with Crippen molar-refractivity contribution in [1.29, 1.82) is 0 Å². The van der Waals surface area contributed by atoms with E-state index in [4.69, 9.17) is 17.3 Å². The van der Waals surface area contributed by atoms with Gasteiger partial charge in [-0.2, -0.15) is 5.10 Å². The Balaban J connectivity index is 2.59. The molecule has 0 aliphatic rings. The maximum atomic E-state index is 11.0. The summed E-state index contributed by atoms with van der Waals surface area (Å²) >= 11 is 5.68. The SMILES string of the molecule is CCNC(Cn1cc(Cl)cn1)C(N)=O. The van der Waals surface area contributed by atoms with Crippen LogP contribution in [0.5, 0.6) is 0 Å². The number of amides is 1. The van der Waals surface area contributed by atoms with Gasteiger partial charge in [0.2, 0.25) is 5.91 Å². The first-order valence-electron chi connectivity index (χ1n) is 4.34. The van der Waals surface area contributed by atoms with E-state index in [-0.39, 0.29) is 0 Å². The van der Waals surface area contributed by atoms with Crippen molar-refractivity contribution in [3.05, 3.63) is 17.4 Å². The number of hydrogen-bond acceptors (Lipinski definition) is 3. The van der Waals surface area contributed by atoms with E-state index >= 15 is 0 Å². The molecule has 1 aromatic heterocycles. The first kappa shape index (κ1) is 11.0. The van der Waals surface area contributed by atoms with Crippen molar-refractivity contribution in [2.24, 2.45) is 5.73 Å². The summed E-state index contributed by atoms with van der Waals surface area (Å²) in [6.45, 7) is 2.99. The highest BCUT2D eigenvalue weighted by Gasteiger charge is 2.14.